The fraction of sp³-hybridized carbons (Fsp3) is 0.389. The number of anilines is 2. The van der Waals surface area contributed by atoms with Gasteiger partial charge >= 0.3 is 0 Å². The number of hydrogen-bond donors (Lipinski definition) is 1. The maximum atomic E-state index is 12.8. The van der Waals surface area contributed by atoms with Gasteiger partial charge in [-0.1, -0.05) is 18.2 Å². The molecule has 0 saturated carbocycles. The van der Waals surface area contributed by atoms with E-state index >= 15 is 0 Å². The van der Waals surface area contributed by atoms with Crippen molar-refractivity contribution in [2.24, 2.45) is 0 Å². The van der Waals surface area contributed by atoms with E-state index in [1.54, 1.807) is 4.90 Å². The van der Waals surface area contributed by atoms with Gasteiger partial charge in [0.25, 0.3) is 5.91 Å². The molecule has 1 saturated heterocycles. The molecule has 1 fully saturated rings. The largest absolute Gasteiger partial charge is 0.365 e. The predicted octanol–water partition coefficient (Wildman–Crippen LogP) is 1.67. The average molecular weight is 372 g/mol. The molecule has 0 spiro atoms. The Kier molecular flexibility index (Phi) is 4.36. The number of carbonyl (C=O) groups excluding carboxylic acids is 1. The first-order chi connectivity index (χ1) is 12.5. The summed E-state index contributed by atoms with van der Waals surface area (Å²) in [5.74, 6) is 0.630. The topological polar surface area (TPSA) is 92.3 Å². The van der Waals surface area contributed by atoms with Crippen LogP contribution in [-0.2, 0) is 16.3 Å². The molecule has 1 N–H and O–H groups in total. The maximum absolute atomic E-state index is 12.8. The summed E-state index contributed by atoms with van der Waals surface area (Å²) >= 11 is 0. The van der Waals surface area contributed by atoms with Gasteiger partial charge in [-0.25, -0.2) is 18.4 Å². The van der Waals surface area contributed by atoms with Crippen LogP contribution in [0.5, 0.6) is 0 Å². The van der Waals surface area contributed by atoms with Gasteiger partial charge < -0.3 is 10.2 Å². The number of aryl methyl sites for hydroxylation is 1. The lowest BCUT2D eigenvalue weighted by Gasteiger charge is -2.29. The van der Waals surface area contributed by atoms with Crippen molar-refractivity contribution in [3.05, 3.63) is 47.9 Å². The maximum Gasteiger partial charge on any atom is 0.278 e. The van der Waals surface area contributed by atoms with Crippen LogP contribution in [0.25, 0.3) is 0 Å². The first-order valence-corrected chi connectivity index (χ1v) is 10.5. The molecule has 8 heteroatoms. The summed E-state index contributed by atoms with van der Waals surface area (Å²) in [6, 6.07) is 7.76. The summed E-state index contributed by atoms with van der Waals surface area (Å²) in [4.78, 5) is 23.1. The number of sulfone groups is 1. The monoisotopic (exact) mass is 372 g/mol. The summed E-state index contributed by atoms with van der Waals surface area (Å²) < 4.78 is 23.0. The molecule has 26 heavy (non-hydrogen) atoms. The molecule has 2 aromatic rings. The van der Waals surface area contributed by atoms with Crippen LogP contribution in [0.15, 0.2) is 36.7 Å². The van der Waals surface area contributed by atoms with Crippen LogP contribution in [0.1, 0.15) is 28.9 Å². The predicted molar refractivity (Wildman–Crippen MR) is 99.2 cm³/mol. The Morgan fingerprint density at radius 1 is 1.19 bits per heavy atom. The normalized spacial score (nSPS) is 21.2. The first-order valence-electron chi connectivity index (χ1n) is 8.71. The molecule has 0 aliphatic carbocycles. The van der Waals surface area contributed by atoms with Crippen LogP contribution in [0.2, 0.25) is 0 Å². The molecule has 0 radical (unpaired) electrons. The van der Waals surface area contributed by atoms with E-state index in [1.807, 2.05) is 24.3 Å². The quantitative estimate of drug-likeness (QED) is 0.881. The van der Waals surface area contributed by atoms with E-state index in [0.717, 1.165) is 18.5 Å². The van der Waals surface area contributed by atoms with Crippen LogP contribution in [-0.4, -0.2) is 48.4 Å². The molecule has 1 atom stereocenters. The van der Waals surface area contributed by atoms with Gasteiger partial charge in [0.05, 0.1) is 23.9 Å². The van der Waals surface area contributed by atoms with Crippen molar-refractivity contribution in [2.75, 3.05) is 28.3 Å². The van der Waals surface area contributed by atoms with Crippen LogP contribution in [0, 0.1) is 0 Å². The Labute approximate surface area is 152 Å². The fourth-order valence-corrected chi connectivity index (χ4v) is 5.19. The minimum atomic E-state index is -2.95. The zero-order valence-electron chi connectivity index (χ0n) is 14.3. The third kappa shape index (κ3) is 3.41. The molecular weight excluding hydrogens is 352 g/mol. The van der Waals surface area contributed by atoms with Crippen LogP contribution in [0.3, 0.4) is 0 Å². The number of nitrogens with zero attached hydrogens (tertiary/aromatic N) is 3. The van der Waals surface area contributed by atoms with Crippen molar-refractivity contribution in [1.29, 1.82) is 0 Å². The number of rotatable bonds is 3. The van der Waals surface area contributed by atoms with Crippen LogP contribution >= 0.6 is 0 Å². The molecule has 1 amide bonds. The fourth-order valence-electron chi connectivity index (χ4n) is 3.51. The van der Waals surface area contributed by atoms with Gasteiger partial charge in [-0.05, 0) is 30.9 Å². The van der Waals surface area contributed by atoms with Crippen molar-refractivity contribution in [2.45, 2.75) is 25.3 Å². The van der Waals surface area contributed by atoms with Crippen molar-refractivity contribution in [1.82, 2.24) is 9.97 Å². The average Bonchev–Trinajstić information content (AvgIpc) is 2.99. The van der Waals surface area contributed by atoms with Gasteiger partial charge in [-0.2, -0.15) is 0 Å². The van der Waals surface area contributed by atoms with E-state index in [1.165, 1.54) is 18.0 Å². The van der Waals surface area contributed by atoms with E-state index in [4.69, 9.17) is 0 Å². The molecule has 0 bridgehead atoms. The van der Waals surface area contributed by atoms with Gasteiger partial charge in [0.1, 0.15) is 11.5 Å². The molecule has 136 valence electrons. The highest BCUT2D eigenvalue weighted by Crippen LogP contribution is 2.27. The van der Waals surface area contributed by atoms with E-state index in [9.17, 15) is 13.2 Å². The minimum absolute atomic E-state index is 0.111. The molecule has 2 aliphatic heterocycles. The standard InChI is InChI=1S/C18H20N4O3S/c23-18(22-8-3-5-13-4-1-2-6-16(13)22)15-10-20-17(11-19-15)21-14-7-9-26(24,25)12-14/h1-2,4,6,10-11,14H,3,5,7-9,12H2,(H,20,21). The van der Waals surface area contributed by atoms with Gasteiger partial charge in [0.15, 0.2) is 9.84 Å². The number of aromatic nitrogens is 2. The van der Waals surface area contributed by atoms with Crippen molar-refractivity contribution < 1.29 is 13.2 Å². The van der Waals surface area contributed by atoms with E-state index in [-0.39, 0.29) is 29.1 Å². The second-order valence-corrected chi connectivity index (χ2v) is 8.95. The molecule has 1 unspecified atom stereocenters. The lowest BCUT2D eigenvalue weighted by molar-refractivity contribution is 0.0980. The Bertz CT molecular complexity index is 928. The van der Waals surface area contributed by atoms with Gasteiger partial charge in [-0.3, -0.25) is 4.79 Å². The lowest BCUT2D eigenvalue weighted by atomic mass is 10.0. The van der Waals surface area contributed by atoms with Crippen molar-refractivity contribution in [3.8, 4) is 0 Å². The smallest absolute Gasteiger partial charge is 0.278 e. The number of para-hydroxylation sites is 1. The van der Waals surface area contributed by atoms with Gasteiger partial charge in [-0.15, -0.1) is 0 Å². The third-order valence-electron chi connectivity index (χ3n) is 4.81. The molecular formula is C18H20N4O3S. The number of carbonyl (C=O) groups is 1. The van der Waals surface area contributed by atoms with Gasteiger partial charge in [0, 0.05) is 18.3 Å². The second kappa shape index (κ2) is 6.68. The van der Waals surface area contributed by atoms with Crippen molar-refractivity contribution in [3.63, 3.8) is 0 Å². The number of nitrogens with one attached hydrogen (secondary N) is 1. The summed E-state index contributed by atoms with van der Waals surface area (Å²) in [7, 11) is -2.95. The highest BCUT2D eigenvalue weighted by atomic mass is 32.2. The molecule has 1 aromatic heterocycles. The number of fused-ring (bicyclic) bond motifs is 1. The zero-order valence-corrected chi connectivity index (χ0v) is 15.1. The highest BCUT2D eigenvalue weighted by molar-refractivity contribution is 7.91. The summed E-state index contributed by atoms with van der Waals surface area (Å²) in [5, 5.41) is 3.08. The number of amides is 1. The lowest BCUT2D eigenvalue weighted by Crippen LogP contribution is -2.36. The molecule has 7 nitrogen and oxygen atoms in total. The van der Waals surface area contributed by atoms with Crippen LogP contribution in [0.4, 0.5) is 11.5 Å². The Balaban J connectivity index is 1.48. The molecule has 2 aliphatic rings. The minimum Gasteiger partial charge on any atom is -0.365 e. The van der Waals surface area contributed by atoms with E-state index in [0.29, 0.717) is 18.8 Å². The summed E-state index contributed by atoms with van der Waals surface area (Å²) in [6.07, 6.45) is 5.40. The zero-order chi connectivity index (χ0) is 18.1. The van der Waals surface area contributed by atoms with Crippen LogP contribution < -0.4 is 10.2 Å². The second-order valence-electron chi connectivity index (χ2n) is 6.72. The third-order valence-corrected chi connectivity index (χ3v) is 6.58. The summed E-state index contributed by atoms with van der Waals surface area (Å²) in [5.41, 5.74) is 2.39. The molecule has 3 heterocycles. The van der Waals surface area contributed by atoms with Crippen molar-refractivity contribution >= 4 is 27.2 Å². The number of hydrogen-bond acceptors (Lipinski definition) is 6. The van der Waals surface area contributed by atoms with Gasteiger partial charge in [0.2, 0.25) is 0 Å². The summed E-state index contributed by atoms with van der Waals surface area (Å²) in [6.45, 7) is 0.664. The Morgan fingerprint density at radius 3 is 2.77 bits per heavy atom. The first kappa shape index (κ1) is 17.0. The highest BCUT2D eigenvalue weighted by Gasteiger charge is 2.28. The van der Waals surface area contributed by atoms with E-state index < -0.39 is 9.84 Å². The Morgan fingerprint density at radius 2 is 2.04 bits per heavy atom. The molecule has 1 aromatic carbocycles. The SMILES string of the molecule is O=C(c1cnc(NC2CCS(=O)(=O)C2)cn1)N1CCCc2ccccc21. The molecule has 4 rings (SSSR count). The Hall–Kier alpha value is -2.48. The van der Waals surface area contributed by atoms with E-state index in [2.05, 4.69) is 15.3 Å². The number of benzene rings is 1.